The van der Waals surface area contributed by atoms with Gasteiger partial charge in [0.15, 0.2) is 0 Å². The van der Waals surface area contributed by atoms with E-state index in [0.29, 0.717) is 19.4 Å². The number of methoxy groups -OCH3 is 1. The lowest BCUT2D eigenvalue weighted by atomic mass is 10.1. The van der Waals surface area contributed by atoms with E-state index < -0.39 is 12.0 Å². The lowest BCUT2D eigenvalue weighted by Crippen LogP contribution is -2.42. The van der Waals surface area contributed by atoms with Crippen molar-refractivity contribution >= 4 is 49.6 Å². The number of alkyl halides is 2. The minimum absolute atomic E-state index is 0.117. The van der Waals surface area contributed by atoms with E-state index in [-0.39, 0.29) is 22.5 Å². The van der Waals surface area contributed by atoms with Crippen molar-refractivity contribution in [3.05, 3.63) is 0 Å². The number of carbonyl (C=O) groups excluding carboxylic acids is 3. The van der Waals surface area contributed by atoms with Crippen LogP contribution in [0, 0.1) is 0 Å². The molecule has 2 amide bonds. The summed E-state index contributed by atoms with van der Waals surface area (Å²) in [4.78, 5) is 33.5. The predicted octanol–water partition coefficient (Wildman–Crippen LogP) is 0.330. The van der Waals surface area contributed by atoms with Gasteiger partial charge in [0.2, 0.25) is 11.8 Å². The SMILES string of the molecule is COC(=O)[C@H](CCCNC(=O)CBr)NC(=O)CBr. The van der Waals surface area contributed by atoms with Crippen molar-refractivity contribution in [2.24, 2.45) is 0 Å². The molecule has 0 unspecified atom stereocenters. The average molecular weight is 388 g/mol. The number of hydrogen-bond donors (Lipinski definition) is 2. The quantitative estimate of drug-likeness (QED) is 0.357. The molecule has 6 nitrogen and oxygen atoms in total. The predicted molar refractivity (Wildman–Crippen MR) is 73.8 cm³/mol. The fourth-order valence-corrected chi connectivity index (χ4v) is 1.57. The smallest absolute Gasteiger partial charge is 0.328 e. The van der Waals surface area contributed by atoms with Gasteiger partial charge >= 0.3 is 5.97 Å². The summed E-state index contributed by atoms with van der Waals surface area (Å²) in [5.41, 5.74) is 0. The highest BCUT2D eigenvalue weighted by Crippen LogP contribution is 2.00. The van der Waals surface area contributed by atoms with Crippen molar-refractivity contribution in [2.45, 2.75) is 18.9 Å². The lowest BCUT2D eigenvalue weighted by Gasteiger charge is -2.15. The molecule has 8 heteroatoms. The first kappa shape index (κ1) is 17.4. The summed E-state index contributed by atoms with van der Waals surface area (Å²) < 4.78 is 4.59. The van der Waals surface area contributed by atoms with Gasteiger partial charge in [0.1, 0.15) is 6.04 Å². The van der Waals surface area contributed by atoms with Crippen LogP contribution in [-0.4, -0.2) is 48.1 Å². The maximum absolute atomic E-state index is 11.4. The number of hydrogen-bond acceptors (Lipinski definition) is 4. The van der Waals surface area contributed by atoms with Gasteiger partial charge in [-0.2, -0.15) is 0 Å². The third kappa shape index (κ3) is 7.65. The molecule has 0 saturated carbocycles. The van der Waals surface area contributed by atoms with Crippen molar-refractivity contribution in [1.82, 2.24) is 10.6 Å². The number of nitrogens with one attached hydrogen (secondary N) is 2. The van der Waals surface area contributed by atoms with Crippen LogP contribution >= 0.6 is 31.9 Å². The molecule has 0 saturated heterocycles. The minimum Gasteiger partial charge on any atom is -0.467 e. The molecule has 0 aliphatic rings. The number of rotatable bonds is 8. The first-order valence-electron chi connectivity index (χ1n) is 5.31. The summed E-state index contributed by atoms with van der Waals surface area (Å²) in [7, 11) is 1.27. The maximum Gasteiger partial charge on any atom is 0.328 e. The zero-order valence-electron chi connectivity index (χ0n) is 10.0. The summed E-state index contributed by atoms with van der Waals surface area (Å²) in [6, 6.07) is -0.680. The van der Waals surface area contributed by atoms with Gasteiger partial charge in [0.05, 0.1) is 17.8 Å². The Bertz CT molecular complexity index is 300. The third-order valence-corrected chi connectivity index (χ3v) is 3.07. The van der Waals surface area contributed by atoms with E-state index in [9.17, 15) is 14.4 Å². The second kappa shape index (κ2) is 10.3. The van der Waals surface area contributed by atoms with E-state index in [2.05, 4.69) is 47.2 Å². The van der Waals surface area contributed by atoms with Crippen molar-refractivity contribution in [2.75, 3.05) is 24.3 Å². The van der Waals surface area contributed by atoms with Crippen LogP contribution in [0.3, 0.4) is 0 Å². The van der Waals surface area contributed by atoms with E-state index in [1.54, 1.807) is 0 Å². The molecule has 0 rings (SSSR count). The Kier molecular flexibility index (Phi) is 9.95. The van der Waals surface area contributed by atoms with Crippen LogP contribution in [0.4, 0.5) is 0 Å². The summed E-state index contributed by atoms with van der Waals surface area (Å²) in [6.45, 7) is 0.447. The summed E-state index contributed by atoms with van der Waals surface area (Å²) in [6.07, 6.45) is 0.981. The molecule has 0 fully saturated rings. The van der Waals surface area contributed by atoms with Gasteiger partial charge in [-0.15, -0.1) is 0 Å². The topological polar surface area (TPSA) is 84.5 Å². The zero-order chi connectivity index (χ0) is 14.0. The van der Waals surface area contributed by atoms with Crippen LogP contribution in [0.25, 0.3) is 0 Å². The van der Waals surface area contributed by atoms with Gasteiger partial charge in [-0.3, -0.25) is 9.59 Å². The van der Waals surface area contributed by atoms with Crippen LogP contribution < -0.4 is 10.6 Å². The minimum atomic E-state index is -0.680. The second-order valence-electron chi connectivity index (χ2n) is 3.40. The van der Waals surface area contributed by atoms with E-state index >= 15 is 0 Å². The molecule has 0 aliphatic carbocycles. The summed E-state index contributed by atoms with van der Waals surface area (Å²) in [5, 5.41) is 5.56. The van der Waals surface area contributed by atoms with Crippen molar-refractivity contribution in [3.8, 4) is 0 Å². The van der Waals surface area contributed by atoms with E-state index in [4.69, 9.17) is 0 Å². The Morgan fingerprint density at radius 1 is 1.17 bits per heavy atom. The lowest BCUT2D eigenvalue weighted by molar-refractivity contribution is -0.145. The van der Waals surface area contributed by atoms with Crippen molar-refractivity contribution in [1.29, 1.82) is 0 Å². The van der Waals surface area contributed by atoms with Gasteiger partial charge in [0.25, 0.3) is 0 Å². The van der Waals surface area contributed by atoms with E-state index in [0.717, 1.165) is 0 Å². The Morgan fingerprint density at radius 2 is 1.78 bits per heavy atom. The van der Waals surface area contributed by atoms with Crippen LogP contribution in [0.2, 0.25) is 0 Å². The van der Waals surface area contributed by atoms with Gasteiger partial charge in [0, 0.05) is 6.54 Å². The monoisotopic (exact) mass is 386 g/mol. The fraction of sp³-hybridized carbons (Fsp3) is 0.700. The van der Waals surface area contributed by atoms with Crippen LogP contribution in [0.5, 0.6) is 0 Å². The average Bonchev–Trinajstić information content (AvgIpc) is 2.40. The number of carbonyl (C=O) groups is 3. The molecule has 18 heavy (non-hydrogen) atoms. The van der Waals surface area contributed by atoms with Gasteiger partial charge in [-0.25, -0.2) is 4.79 Å². The zero-order valence-corrected chi connectivity index (χ0v) is 13.2. The highest BCUT2D eigenvalue weighted by Gasteiger charge is 2.20. The maximum atomic E-state index is 11.4. The Morgan fingerprint density at radius 3 is 2.28 bits per heavy atom. The van der Waals surface area contributed by atoms with Crippen LogP contribution in [0.15, 0.2) is 0 Å². The van der Waals surface area contributed by atoms with Gasteiger partial charge in [-0.05, 0) is 12.8 Å². The Hall–Kier alpha value is -0.630. The second-order valence-corrected chi connectivity index (χ2v) is 4.52. The molecule has 0 spiro atoms. The largest absolute Gasteiger partial charge is 0.467 e. The van der Waals surface area contributed by atoms with E-state index in [1.165, 1.54) is 7.11 Å². The van der Waals surface area contributed by atoms with Crippen LogP contribution in [0.1, 0.15) is 12.8 Å². The van der Waals surface area contributed by atoms with Crippen LogP contribution in [-0.2, 0) is 19.1 Å². The molecule has 0 radical (unpaired) electrons. The molecule has 0 bridgehead atoms. The Labute approximate surface area is 122 Å². The first-order valence-corrected chi connectivity index (χ1v) is 7.55. The van der Waals surface area contributed by atoms with Crippen molar-refractivity contribution < 1.29 is 19.1 Å². The number of esters is 1. The van der Waals surface area contributed by atoms with E-state index in [1.807, 2.05) is 0 Å². The molecular formula is C10H16Br2N2O4. The number of halogens is 2. The third-order valence-electron chi connectivity index (χ3n) is 2.06. The fourth-order valence-electron chi connectivity index (χ4n) is 1.21. The van der Waals surface area contributed by atoms with Gasteiger partial charge < -0.3 is 15.4 Å². The highest BCUT2D eigenvalue weighted by atomic mass is 79.9. The van der Waals surface area contributed by atoms with Crippen molar-refractivity contribution in [3.63, 3.8) is 0 Å². The molecule has 104 valence electrons. The standard InChI is InChI=1S/C10H16Br2N2O4/c1-18-10(17)7(14-9(16)6-12)3-2-4-13-8(15)5-11/h7H,2-6H2,1H3,(H,13,15)(H,14,16)/t7-/m0/s1. The Balaban J connectivity index is 4.05. The molecular weight excluding hydrogens is 372 g/mol. The molecule has 0 heterocycles. The molecule has 0 aromatic carbocycles. The molecule has 0 aliphatic heterocycles. The molecule has 0 aromatic heterocycles. The first-order chi connectivity index (χ1) is 8.54. The summed E-state index contributed by atoms with van der Waals surface area (Å²) >= 11 is 6.02. The summed E-state index contributed by atoms with van der Waals surface area (Å²) in [5.74, 6) is -0.889. The highest BCUT2D eigenvalue weighted by molar-refractivity contribution is 9.09. The number of amides is 2. The number of ether oxygens (including phenoxy) is 1. The molecule has 0 aromatic rings. The normalized spacial score (nSPS) is 11.5. The molecule has 1 atom stereocenters. The molecule has 2 N–H and O–H groups in total. The van der Waals surface area contributed by atoms with Gasteiger partial charge in [-0.1, -0.05) is 31.9 Å².